The molecule has 0 bridgehead atoms. The number of benzene rings is 2. The first-order chi connectivity index (χ1) is 15.0. The van der Waals surface area contributed by atoms with Gasteiger partial charge in [-0.3, -0.25) is 9.59 Å². The molecule has 2 aromatic carbocycles. The molecule has 0 spiro atoms. The van der Waals surface area contributed by atoms with E-state index in [0.717, 1.165) is 11.1 Å². The fourth-order valence-electron chi connectivity index (χ4n) is 2.53. The van der Waals surface area contributed by atoms with Crippen LogP contribution in [0.5, 0.6) is 17.2 Å². The van der Waals surface area contributed by atoms with E-state index < -0.39 is 5.91 Å². The van der Waals surface area contributed by atoms with Crippen LogP contribution in [0.3, 0.4) is 0 Å². The highest BCUT2D eigenvalue weighted by atomic mass is 32.2. The lowest BCUT2D eigenvalue weighted by Crippen LogP contribution is -2.24. The van der Waals surface area contributed by atoms with Crippen molar-refractivity contribution in [3.05, 3.63) is 58.5 Å². The lowest BCUT2D eigenvalue weighted by molar-refractivity contribution is -0.123. The Bertz CT molecular complexity index is 1050. The van der Waals surface area contributed by atoms with E-state index in [-0.39, 0.29) is 12.5 Å². The van der Waals surface area contributed by atoms with E-state index in [0.29, 0.717) is 26.5 Å². The Morgan fingerprint density at radius 3 is 2.48 bits per heavy atom. The molecule has 0 unspecified atom stereocenters. The van der Waals surface area contributed by atoms with Crippen LogP contribution in [0.1, 0.15) is 11.1 Å². The quantitative estimate of drug-likeness (QED) is 0.272. The summed E-state index contributed by atoms with van der Waals surface area (Å²) in [4.78, 5) is 24.2. The van der Waals surface area contributed by atoms with E-state index in [1.54, 1.807) is 62.8 Å². The molecule has 0 radical (unpaired) electrons. The van der Waals surface area contributed by atoms with E-state index in [1.165, 1.54) is 18.0 Å². The lowest BCUT2D eigenvalue weighted by Gasteiger charge is -2.07. The van der Waals surface area contributed by atoms with Gasteiger partial charge in [-0.1, -0.05) is 36.1 Å². The third-order valence-electron chi connectivity index (χ3n) is 4.00. The molecule has 0 aliphatic carbocycles. The molecular formula is C21H19N3O5S2. The van der Waals surface area contributed by atoms with Crippen LogP contribution in [0.4, 0.5) is 0 Å². The Balaban J connectivity index is 1.48. The SMILES string of the molecule is COc1ccc(/C=N/NC(=O)COc2ccc(/C=C3/SC(=S)NC3=O)cc2)cc1OC. The molecule has 1 saturated heterocycles. The highest BCUT2D eigenvalue weighted by Crippen LogP contribution is 2.27. The van der Waals surface area contributed by atoms with Crippen molar-refractivity contribution < 1.29 is 23.8 Å². The molecule has 0 atom stereocenters. The summed E-state index contributed by atoms with van der Waals surface area (Å²) in [6, 6.07) is 12.3. The molecule has 1 aliphatic rings. The zero-order valence-electron chi connectivity index (χ0n) is 16.7. The van der Waals surface area contributed by atoms with Crippen LogP contribution in [-0.4, -0.2) is 43.2 Å². The molecule has 160 valence electrons. The number of nitrogens with zero attached hydrogens (tertiary/aromatic N) is 1. The second-order valence-corrected chi connectivity index (χ2v) is 7.84. The fraction of sp³-hybridized carbons (Fsp3) is 0.143. The van der Waals surface area contributed by atoms with Gasteiger partial charge in [0.25, 0.3) is 11.8 Å². The summed E-state index contributed by atoms with van der Waals surface area (Å²) in [5, 5.41) is 6.47. The monoisotopic (exact) mass is 457 g/mol. The van der Waals surface area contributed by atoms with Crippen LogP contribution >= 0.6 is 24.0 Å². The molecule has 0 saturated carbocycles. The van der Waals surface area contributed by atoms with Crippen LogP contribution < -0.4 is 25.0 Å². The van der Waals surface area contributed by atoms with E-state index >= 15 is 0 Å². The molecule has 31 heavy (non-hydrogen) atoms. The predicted octanol–water partition coefficient (Wildman–Crippen LogP) is 2.72. The van der Waals surface area contributed by atoms with Crippen molar-refractivity contribution in [2.75, 3.05) is 20.8 Å². The number of ether oxygens (including phenoxy) is 3. The Kier molecular flexibility index (Phi) is 7.63. The number of carbonyl (C=O) groups excluding carboxylic acids is 2. The molecule has 10 heteroatoms. The van der Waals surface area contributed by atoms with Crippen LogP contribution in [0, 0.1) is 0 Å². The molecular weight excluding hydrogens is 438 g/mol. The topological polar surface area (TPSA) is 98.3 Å². The van der Waals surface area contributed by atoms with Gasteiger partial charge in [-0.15, -0.1) is 0 Å². The largest absolute Gasteiger partial charge is 0.493 e. The van der Waals surface area contributed by atoms with Gasteiger partial charge in [0, 0.05) is 0 Å². The van der Waals surface area contributed by atoms with Crippen molar-refractivity contribution in [1.82, 2.24) is 10.7 Å². The summed E-state index contributed by atoms with van der Waals surface area (Å²) in [5.74, 6) is 1.07. The number of nitrogens with one attached hydrogen (secondary N) is 2. The number of hydrogen-bond donors (Lipinski definition) is 2. The molecule has 3 rings (SSSR count). The number of thioether (sulfide) groups is 1. The van der Waals surface area contributed by atoms with Gasteiger partial charge in [-0.2, -0.15) is 5.10 Å². The predicted molar refractivity (Wildman–Crippen MR) is 124 cm³/mol. The van der Waals surface area contributed by atoms with Gasteiger partial charge in [0.2, 0.25) is 0 Å². The molecule has 2 N–H and O–H groups in total. The minimum atomic E-state index is -0.407. The summed E-state index contributed by atoms with van der Waals surface area (Å²) >= 11 is 6.18. The standard InChI is InChI=1S/C21H19N3O5S2/c1-27-16-8-5-14(9-17(16)28-2)11-22-24-19(25)12-29-15-6-3-13(4-7-15)10-18-20(26)23-21(30)31-18/h3-11H,12H2,1-2H3,(H,24,25)(H,23,26,30)/b18-10+,22-11+. The summed E-state index contributed by atoms with van der Waals surface area (Å²) in [5.41, 5.74) is 3.95. The average molecular weight is 458 g/mol. The van der Waals surface area contributed by atoms with Gasteiger partial charge in [0.05, 0.1) is 25.3 Å². The third kappa shape index (κ3) is 6.30. The van der Waals surface area contributed by atoms with Crippen LogP contribution in [0.15, 0.2) is 52.5 Å². The maximum atomic E-state index is 11.9. The van der Waals surface area contributed by atoms with Crippen LogP contribution in [0.2, 0.25) is 0 Å². The Labute approximate surface area is 188 Å². The van der Waals surface area contributed by atoms with Gasteiger partial charge in [-0.05, 0) is 47.5 Å². The number of methoxy groups -OCH3 is 2. The van der Waals surface area contributed by atoms with Crippen LogP contribution in [0.25, 0.3) is 6.08 Å². The van der Waals surface area contributed by atoms with Gasteiger partial charge in [-0.25, -0.2) is 5.43 Å². The molecule has 2 amide bonds. The smallest absolute Gasteiger partial charge is 0.277 e. The van der Waals surface area contributed by atoms with Gasteiger partial charge < -0.3 is 19.5 Å². The summed E-state index contributed by atoms with van der Waals surface area (Å²) < 4.78 is 16.3. The van der Waals surface area contributed by atoms with Gasteiger partial charge in [0.15, 0.2) is 18.1 Å². The number of carbonyl (C=O) groups is 2. The highest BCUT2D eigenvalue weighted by molar-refractivity contribution is 8.26. The van der Waals surface area contributed by atoms with Crippen molar-refractivity contribution in [3.8, 4) is 17.2 Å². The molecule has 1 aliphatic heterocycles. The van der Waals surface area contributed by atoms with E-state index in [2.05, 4.69) is 15.8 Å². The number of hydrazone groups is 1. The zero-order chi connectivity index (χ0) is 22.2. The lowest BCUT2D eigenvalue weighted by atomic mass is 10.2. The summed E-state index contributed by atoms with van der Waals surface area (Å²) in [7, 11) is 3.10. The maximum Gasteiger partial charge on any atom is 0.277 e. The van der Waals surface area contributed by atoms with Gasteiger partial charge in [0.1, 0.15) is 10.1 Å². The van der Waals surface area contributed by atoms with E-state index in [1.807, 2.05) is 0 Å². The van der Waals surface area contributed by atoms with Crippen molar-refractivity contribution in [1.29, 1.82) is 0 Å². The molecule has 1 heterocycles. The average Bonchev–Trinajstić information content (AvgIpc) is 3.09. The molecule has 8 nitrogen and oxygen atoms in total. The van der Waals surface area contributed by atoms with E-state index in [9.17, 15) is 9.59 Å². The normalized spacial score (nSPS) is 14.6. The fourth-order valence-corrected chi connectivity index (χ4v) is 3.57. The summed E-state index contributed by atoms with van der Waals surface area (Å²) in [6.07, 6.45) is 3.23. The van der Waals surface area contributed by atoms with Crippen molar-refractivity contribution in [2.24, 2.45) is 5.10 Å². The second-order valence-electron chi connectivity index (χ2n) is 6.12. The first-order valence-electron chi connectivity index (χ1n) is 9.00. The second kappa shape index (κ2) is 10.6. The summed E-state index contributed by atoms with van der Waals surface area (Å²) in [6.45, 7) is -0.198. The number of rotatable bonds is 8. The number of hydrogen-bond acceptors (Lipinski definition) is 8. The van der Waals surface area contributed by atoms with Crippen LogP contribution in [-0.2, 0) is 9.59 Å². The molecule has 2 aromatic rings. The minimum Gasteiger partial charge on any atom is -0.493 e. The zero-order valence-corrected chi connectivity index (χ0v) is 18.3. The Morgan fingerprint density at radius 1 is 1.13 bits per heavy atom. The molecule has 1 fully saturated rings. The van der Waals surface area contributed by atoms with Crippen molar-refractivity contribution >= 4 is 52.4 Å². The van der Waals surface area contributed by atoms with Gasteiger partial charge >= 0.3 is 0 Å². The Morgan fingerprint density at radius 2 is 1.84 bits per heavy atom. The highest BCUT2D eigenvalue weighted by Gasteiger charge is 2.21. The molecule has 0 aromatic heterocycles. The number of thiocarbonyl (C=S) groups is 1. The maximum absolute atomic E-state index is 11.9. The van der Waals surface area contributed by atoms with Crippen molar-refractivity contribution in [2.45, 2.75) is 0 Å². The Hall–Kier alpha value is -3.37. The van der Waals surface area contributed by atoms with E-state index in [4.69, 9.17) is 26.4 Å². The third-order valence-corrected chi connectivity index (χ3v) is 5.16. The number of amides is 2. The first kappa shape index (κ1) is 22.3. The van der Waals surface area contributed by atoms with Crippen molar-refractivity contribution in [3.63, 3.8) is 0 Å². The first-order valence-corrected chi connectivity index (χ1v) is 10.2. The minimum absolute atomic E-state index is 0.198.